The second kappa shape index (κ2) is 5.01. The Hall–Kier alpha value is 0.760. The van der Waals surface area contributed by atoms with Crippen LogP contribution in [0.4, 0.5) is 0 Å². The summed E-state index contributed by atoms with van der Waals surface area (Å²) >= 11 is 0. The van der Waals surface area contributed by atoms with E-state index in [1.54, 1.807) is 0 Å². The van der Waals surface area contributed by atoms with E-state index in [1.807, 2.05) is 0 Å². The van der Waals surface area contributed by atoms with Crippen LogP contribution in [0.15, 0.2) is 0 Å². The van der Waals surface area contributed by atoms with Crippen LogP contribution < -0.4 is 0 Å². The Morgan fingerprint density at radius 1 is 0.385 bits per heavy atom. The zero-order valence-electron chi connectivity index (χ0n) is 6.15. The van der Waals surface area contributed by atoms with E-state index in [9.17, 15) is 0 Å². The predicted octanol–water partition coefficient (Wildman–Crippen LogP) is -4.48. The summed E-state index contributed by atoms with van der Waals surface area (Å²) < 4.78 is 0. The SMILES string of the molecule is O[C@H]1[C@H](O)[C@@H](O)[C@H](O)[C@@H](O)[C@H]1O.[NaH]. The van der Waals surface area contributed by atoms with Crippen LogP contribution in [0.2, 0.25) is 0 Å². The van der Waals surface area contributed by atoms with E-state index < -0.39 is 36.6 Å². The topological polar surface area (TPSA) is 121 Å². The zero-order chi connectivity index (χ0) is 9.46. The van der Waals surface area contributed by atoms with Crippen molar-refractivity contribution in [3.05, 3.63) is 0 Å². The molecule has 0 bridgehead atoms. The number of aliphatic hydroxyl groups excluding tert-OH is 6. The first-order chi connectivity index (χ1) is 5.46. The van der Waals surface area contributed by atoms with Crippen molar-refractivity contribution in [1.82, 2.24) is 0 Å². The maximum atomic E-state index is 8.97. The van der Waals surface area contributed by atoms with Gasteiger partial charge in [0.2, 0.25) is 0 Å². The second-order valence-corrected chi connectivity index (χ2v) is 2.94. The molecule has 6 nitrogen and oxygen atoms in total. The molecule has 0 aliphatic heterocycles. The molecule has 1 aliphatic rings. The fraction of sp³-hybridized carbons (Fsp3) is 1.00. The molecule has 6 N–H and O–H groups in total. The average molecular weight is 204 g/mol. The van der Waals surface area contributed by atoms with Crippen LogP contribution in [0.5, 0.6) is 0 Å². The molecule has 0 unspecified atom stereocenters. The van der Waals surface area contributed by atoms with Crippen molar-refractivity contribution in [1.29, 1.82) is 0 Å². The van der Waals surface area contributed by atoms with E-state index in [0.29, 0.717) is 0 Å². The van der Waals surface area contributed by atoms with Gasteiger partial charge in [-0.25, -0.2) is 0 Å². The summed E-state index contributed by atoms with van der Waals surface area (Å²) in [4.78, 5) is 0. The Bertz CT molecular complexity index is 109. The van der Waals surface area contributed by atoms with E-state index in [-0.39, 0.29) is 29.6 Å². The monoisotopic (exact) mass is 204 g/mol. The summed E-state index contributed by atoms with van der Waals surface area (Å²) in [6.45, 7) is 0. The molecule has 1 saturated carbocycles. The number of hydrogen-bond acceptors (Lipinski definition) is 6. The van der Waals surface area contributed by atoms with E-state index in [0.717, 1.165) is 0 Å². The predicted molar refractivity (Wildman–Crippen MR) is 43.2 cm³/mol. The number of aliphatic hydroxyl groups is 6. The van der Waals surface area contributed by atoms with Gasteiger partial charge in [0.05, 0.1) is 0 Å². The molecule has 0 amide bonds. The summed E-state index contributed by atoms with van der Waals surface area (Å²) in [6.07, 6.45) is -9.84. The molecule has 1 rings (SSSR count). The second-order valence-electron chi connectivity index (χ2n) is 2.94. The van der Waals surface area contributed by atoms with E-state index >= 15 is 0 Å². The first kappa shape index (κ1) is 13.8. The molecule has 74 valence electrons. The molecule has 0 spiro atoms. The summed E-state index contributed by atoms with van der Waals surface area (Å²) in [5.74, 6) is 0. The molecule has 0 aromatic carbocycles. The molecule has 13 heavy (non-hydrogen) atoms. The van der Waals surface area contributed by atoms with Crippen LogP contribution >= 0.6 is 0 Å². The molecule has 0 atom stereocenters. The molecule has 7 heteroatoms. The Morgan fingerprint density at radius 3 is 0.538 bits per heavy atom. The van der Waals surface area contributed by atoms with Crippen molar-refractivity contribution in [2.45, 2.75) is 36.6 Å². The van der Waals surface area contributed by atoms with Crippen LogP contribution in [0.25, 0.3) is 0 Å². The van der Waals surface area contributed by atoms with Gasteiger partial charge in [0.1, 0.15) is 36.6 Å². The van der Waals surface area contributed by atoms with Gasteiger partial charge in [0.15, 0.2) is 0 Å². The third-order valence-corrected chi connectivity index (χ3v) is 2.10. The van der Waals surface area contributed by atoms with Crippen molar-refractivity contribution in [3.8, 4) is 0 Å². The summed E-state index contributed by atoms with van der Waals surface area (Å²) in [6, 6.07) is 0. The molecular weight excluding hydrogens is 191 g/mol. The molecule has 0 radical (unpaired) electrons. The molecule has 1 aliphatic carbocycles. The Kier molecular flexibility index (Phi) is 5.31. The first-order valence-electron chi connectivity index (χ1n) is 3.55. The van der Waals surface area contributed by atoms with Gasteiger partial charge in [-0.15, -0.1) is 0 Å². The number of hydrogen-bond donors (Lipinski definition) is 6. The van der Waals surface area contributed by atoms with Crippen LogP contribution in [0.1, 0.15) is 0 Å². The van der Waals surface area contributed by atoms with Gasteiger partial charge in [-0.1, -0.05) is 0 Å². The zero-order valence-corrected chi connectivity index (χ0v) is 6.15. The van der Waals surface area contributed by atoms with Crippen LogP contribution in [-0.2, 0) is 0 Å². The van der Waals surface area contributed by atoms with E-state index in [4.69, 9.17) is 30.6 Å². The average Bonchev–Trinajstić information content (AvgIpc) is 2.08. The van der Waals surface area contributed by atoms with Crippen molar-refractivity contribution >= 4 is 29.6 Å². The molecule has 0 aromatic heterocycles. The fourth-order valence-electron chi connectivity index (χ4n) is 1.21. The summed E-state index contributed by atoms with van der Waals surface area (Å²) in [7, 11) is 0. The van der Waals surface area contributed by atoms with Gasteiger partial charge in [-0.3, -0.25) is 0 Å². The normalized spacial score (nSPS) is 51.2. The molecule has 0 heterocycles. The quantitative estimate of drug-likeness (QED) is 0.221. The maximum absolute atomic E-state index is 8.97. The van der Waals surface area contributed by atoms with Gasteiger partial charge in [0, 0.05) is 0 Å². The Morgan fingerprint density at radius 2 is 0.462 bits per heavy atom. The Balaban J connectivity index is 0.00000144. The minimum absolute atomic E-state index is 0. The van der Waals surface area contributed by atoms with Gasteiger partial charge >= 0.3 is 29.6 Å². The van der Waals surface area contributed by atoms with Crippen LogP contribution in [-0.4, -0.2) is 96.8 Å². The third-order valence-electron chi connectivity index (χ3n) is 2.10. The van der Waals surface area contributed by atoms with Crippen molar-refractivity contribution in [2.75, 3.05) is 0 Å². The van der Waals surface area contributed by atoms with Gasteiger partial charge in [-0.2, -0.15) is 0 Å². The van der Waals surface area contributed by atoms with Crippen molar-refractivity contribution < 1.29 is 30.6 Å². The van der Waals surface area contributed by atoms with E-state index in [1.165, 1.54) is 0 Å². The van der Waals surface area contributed by atoms with Gasteiger partial charge in [-0.05, 0) is 0 Å². The standard InChI is InChI=1S/C6H12O6.Na.H/c7-1-2(8)4(10)6(12)5(11)3(1)9;;/h1-12H;;/t1-,2-,3-,4+,5-,6-;;. The summed E-state index contributed by atoms with van der Waals surface area (Å²) in [5.41, 5.74) is 0. The summed E-state index contributed by atoms with van der Waals surface area (Å²) in [5, 5.41) is 53.8. The molecule has 0 saturated heterocycles. The third kappa shape index (κ3) is 2.41. The van der Waals surface area contributed by atoms with Crippen molar-refractivity contribution in [2.24, 2.45) is 0 Å². The van der Waals surface area contributed by atoms with Gasteiger partial charge < -0.3 is 30.6 Å². The molecule has 0 aromatic rings. The minimum atomic E-state index is -1.64. The first-order valence-corrected chi connectivity index (χ1v) is 3.55. The molecule has 1 fully saturated rings. The van der Waals surface area contributed by atoms with Crippen LogP contribution in [0, 0.1) is 0 Å². The fourth-order valence-corrected chi connectivity index (χ4v) is 1.21. The number of rotatable bonds is 0. The Labute approximate surface area is 96.7 Å². The molecular formula is C6H13NaO6. The van der Waals surface area contributed by atoms with E-state index in [2.05, 4.69) is 0 Å². The van der Waals surface area contributed by atoms with Crippen LogP contribution in [0.3, 0.4) is 0 Å². The van der Waals surface area contributed by atoms with Crippen molar-refractivity contribution in [3.63, 3.8) is 0 Å². The van der Waals surface area contributed by atoms with Gasteiger partial charge in [0.25, 0.3) is 0 Å².